The Morgan fingerprint density at radius 3 is 2.63 bits per heavy atom. The molecule has 0 amide bonds. The van der Waals surface area contributed by atoms with Crippen LogP contribution in [0.2, 0.25) is 0 Å². The summed E-state index contributed by atoms with van der Waals surface area (Å²) in [6.07, 6.45) is 0. The Hall–Kier alpha value is -2.63. The van der Waals surface area contributed by atoms with Crippen molar-refractivity contribution in [2.45, 2.75) is 39.8 Å². The van der Waals surface area contributed by atoms with Crippen LogP contribution in [-0.2, 0) is 13.1 Å². The van der Waals surface area contributed by atoms with E-state index < -0.39 is 0 Å². The topological polar surface area (TPSA) is 113 Å². The molecule has 0 atom stereocenters. The lowest BCUT2D eigenvalue weighted by Gasteiger charge is -2.09. The minimum Gasteiger partial charge on any atom is -0.497 e. The summed E-state index contributed by atoms with van der Waals surface area (Å²) in [5, 5.41) is 17.7. The number of halogens is 1. The number of H-pyrrole nitrogens is 1. The van der Waals surface area contributed by atoms with E-state index in [1.165, 1.54) is 0 Å². The third-order valence-electron chi connectivity index (χ3n) is 4.21. The number of hydrogen-bond acceptors (Lipinski definition) is 6. The predicted molar refractivity (Wildman–Crippen MR) is 126 cm³/mol. The monoisotopic (exact) mass is 525 g/mol. The fourth-order valence-electron chi connectivity index (χ4n) is 2.59. The maximum absolute atomic E-state index is 5.35. The van der Waals surface area contributed by atoms with Gasteiger partial charge in [-0.15, -0.1) is 24.0 Å². The van der Waals surface area contributed by atoms with Gasteiger partial charge in [0, 0.05) is 18.2 Å². The molecule has 0 aliphatic carbocycles. The summed E-state index contributed by atoms with van der Waals surface area (Å²) in [6.45, 7) is 7.79. The lowest BCUT2D eigenvalue weighted by Crippen LogP contribution is -2.36. The Morgan fingerprint density at radius 2 is 2.00 bits per heavy atom. The zero-order chi connectivity index (χ0) is 20.6. The minimum absolute atomic E-state index is 0. The van der Waals surface area contributed by atoms with Crippen LogP contribution in [0.1, 0.15) is 44.0 Å². The van der Waals surface area contributed by atoms with Gasteiger partial charge in [-0.1, -0.05) is 19.0 Å². The first-order chi connectivity index (χ1) is 14.1. The number of methoxy groups -OCH3 is 1. The van der Waals surface area contributed by atoms with Gasteiger partial charge in [0.2, 0.25) is 0 Å². The number of aliphatic imine (C=N–C) groups is 1. The minimum atomic E-state index is 0. The van der Waals surface area contributed by atoms with Crippen molar-refractivity contribution in [3.05, 3.63) is 47.6 Å². The van der Waals surface area contributed by atoms with Crippen molar-refractivity contribution in [2.75, 3.05) is 13.7 Å². The smallest absolute Gasteiger partial charge is 0.192 e. The normalized spacial score (nSPS) is 11.3. The van der Waals surface area contributed by atoms with Gasteiger partial charge in [-0.05, 0) is 37.1 Å². The van der Waals surface area contributed by atoms with Gasteiger partial charge in [0.15, 0.2) is 17.5 Å². The highest BCUT2D eigenvalue weighted by Gasteiger charge is 2.09. The fourth-order valence-corrected chi connectivity index (χ4v) is 2.59. The Labute approximate surface area is 193 Å². The second-order valence-corrected chi connectivity index (χ2v) is 6.76. The maximum Gasteiger partial charge on any atom is 0.192 e. The van der Waals surface area contributed by atoms with E-state index in [1.807, 2.05) is 37.3 Å². The molecule has 2 heterocycles. The van der Waals surface area contributed by atoms with Crippen molar-refractivity contribution >= 4 is 29.9 Å². The van der Waals surface area contributed by atoms with Crippen molar-refractivity contribution in [1.82, 2.24) is 31.0 Å². The Kier molecular flexibility index (Phi) is 9.09. The largest absolute Gasteiger partial charge is 0.497 e. The second kappa shape index (κ2) is 11.5. The molecule has 10 heteroatoms. The number of guanidine groups is 1. The predicted octanol–water partition coefficient (Wildman–Crippen LogP) is 3.47. The number of rotatable bonds is 8. The van der Waals surface area contributed by atoms with Crippen LogP contribution >= 0.6 is 24.0 Å². The third kappa shape index (κ3) is 6.44. The average Bonchev–Trinajstić information content (AvgIpc) is 3.40. The Bertz CT molecular complexity index is 935. The molecule has 3 rings (SSSR count). The molecule has 0 spiro atoms. The molecule has 0 bridgehead atoms. The van der Waals surface area contributed by atoms with Crippen molar-refractivity contribution in [3.8, 4) is 17.1 Å². The van der Waals surface area contributed by atoms with Gasteiger partial charge in [-0.25, -0.2) is 9.98 Å². The van der Waals surface area contributed by atoms with Crippen LogP contribution in [0.25, 0.3) is 11.4 Å². The number of hydrogen-bond donors (Lipinski definition) is 3. The summed E-state index contributed by atoms with van der Waals surface area (Å²) in [5.74, 6) is 3.86. The molecule has 0 radical (unpaired) electrons. The van der Waals surface area contributed by atoms with E-state index in [4.69, 9.17) is 9.26 Å². The summed E-state index contributed by atoms with van der Waals surface area (Å²) in [7, 11) is 1.64. The molecule has 9 nitrogen and oxygen atoms in total. The van der Waals surface area contributed by atoms with E-state index in [9.17, 15) is 0 Å². The van der Waals surface area contributed by atoms with Gasteiger partial charge in [0.05, 0.1) is 19.3 Å². The summed E-state index contributed by atoms with van der Waals surface area (Å²) >= 11 is 0. The highest BCUT2D eigenvalue weighted by molar-refractivity contribution is 14.0. The van der Waals surface area contributed by atoms with Gasteiger partial charge in [0.25, 0.3) is 0 Å². The summed E-state index contributed by atoms with van der Waals surface area (Å²) < 4.78 is 10.5. The highest BCUT2D eigenvalue weighted by Crippen LogP contribution is 2.19. The molecule has 0 aliphatic heterocycles. The van der Waals surface area contributed by atoms with E-state index in [0.717, 1.165) is 29.3 Å². The van der Waals surface area contributed by atoms with Gasteiger partial charge in [0.1, 0.15) is 18.1 Å². The van der Waals surface area contributed by atoms with Crippen molar-refractivity contribution in [2.24, 2.45) is 4.99 Å². The van der Waals surface area contributed by atoms with Gasteiger partial charge in [-0.3, -0.25) is 5.10 Å². The summed E-state index contributed by atoms with van der Waals surface area (Å²) in [4.78, 5) is 9.06. The number of aromatic nitrogens is 4. The molecule has 30 heavy (non-hydrogen) atoms. The first-order valence-corrected chi connectivity index (χ1v) is 9.62. The standard InChI is InChI=1S/C20H27N7O2.HI/c1-5-21-20(22-11-16-10-17(13(2)3)27-29-16)23-12-18-24-19(26-25-18)14-6-8-15(28-4)9-7-14;/h6-10,13H,5,11-12H2,1-4H3,(H2,21,22,23)(H,24,25,26);1H. The van der Waals surface area contributed by atoms with Gasteiger partial charge < -0.3 is 19.9 Å². The Balaban J connectivity index is 0.00000320. The van der Waals surface area contributed by atoms with Crippen LogP contribution in [0.4, 0.5) is 0 Å². The van der Waals surface area contributed by atoms with Crippen LogP contribution in [0, 0.1) is 0 Å². The molecular formula is C20H28IN7O2. The number of nitrogens with one attached hydrogen (secondary N) is 3. The lowest BCUT2D eigenvalue weighted by atomic mass is 10.1. The van der Waals surface area contributed by atoms with E-state index >= 15 is 0 Å². The number of ether oxygens (including phenoxy) is 1. The van der Waals surface area contributed by atoms with Crippen molar-refractivity contribution in [1.29, 1.82) is 0 Å². The fraction of sp³-hybridized carbons (Fsp3) is 0.400. The average molecular weight is 525 g/mol. The highest BCUT2D eigenvalue weighted by atomic mass is 127. The quantitative estimate of drug-likeness (QED) is 0.235. The molecule has 0 saturated carbocycles. The van der Waals surface area contributed by atoms with Crippen molar-refractivity contribution in [3.63, 3.8) is 0 Å². The van der Waals surface area contributed by atoms with E-state index in [-0.39, 0.29) is 24.0 Å². The van der Waals surface area contributed by atoms with Crippen LogP contribution in [-0.4, -0.2) is 40.0 Å². The van der Waals surface area contributed by atoms with E-state index in [1.54, 1.807) is 7.11 Å². The van der Waals surface area contributed by atoms with Crippen LogP contribution in [0.3, 0.4) is 0 Å². The number of nitrogens with zero attached hydrogens (tertiary/aromatic N) is 4. The molecule has 3 N–H and O–H groups in total. The van der Waals surface area contributed by atoms with E-state index in [2.05, 4.69) is 49.8 Å². The first kappa shape index (κ1) is 23.6. The molecular weight excluding hydrogens is 497 g/mol. The molecule has 3 aromatic rings. The number of aromatic amines is 1. The number of benzene rings is 1. The zero-order valence-corrected chi connectivity index (χ0v) is 19.9. The van der Waals surface area contributed by atoms with Crippen LogP contribution < -0.4 is 15.4 Å². The second-order valence-electron chi connectivity index (χ2n) is 6.76. The lowest BCUT2D eigenvalue weighted by molar-refractivity contribution is 0.372. The molecule has 162 valence electrons. The SMILES string of the molecule is CCNC(=NCc1nc(-c2ccc(OC)cc2)n[nH]1)NCc1cc(C(C)C)no1.I. The van der Waals surface area contributed by atoms with Gasteiger partial charge in [-0.2, -0.15) is 5.10 Å². The molecule has 0 fully saturated rings. The maximum atomic E-state index is 5.35. The molecule has 0 saturated heterocycles. The zero-order valence-electron chi connectivity index (χ0n) is 17.6. The molecule has 0 aliphatic rings. The first-order valence-electron chi connectivity index (χ1n) is 9.62. The molecule has 2 aromatic heterocycles. The molecule has 0 unspecified atom stereocenters. The summed E-state index contributed by atoms with van der Waals surface area (Å²) in [6, 6.07) is 9.56. The molecule has 1 aromatic carbocycles. The van der Waals surface area contributed by atoms with Gasteiger partial charge >= 0.3 is 0 Å². The third-order valence-corrected chi connectivity index (χ3v) is 4.21. The van der Waals surface area contributed by atoms with Crippen LogP contribution in [0.15, 0.2) is 39.8 Å². The van der Waals surface area contributed by atoms with Crippen LogP contribution in [0.5, 0.6) is 5.75 Å². The van der Waals surface area contributed by atoms with Crippen molar-refractivity contribution < 1.29 is 9.26 Å². The van der Waals surface area contributed by atoms with E-state index in [0.29, 0.717) is 36.6 Å². The summed E-state index contributed by atoms with van der Waals surface area (Å²) in [5.41, 5.74) is 1.85. The Morgan fingerprint density at radius 1 is 1.23 bits per heavy atom.